The van der Waals surface area contributed by atoms with Crippen molar-refractivity contribution in [3.05, 3.63) is 29.3 Å². The second-order valence-electron chi connectivity index (χ2n) is 2.63. The van der Waals surface area contributed by atoms with Gasteiger partial charge in [-0.3, -0.25) is 0 Å². The van der Waals surface area contributed by atoms with Crippen LogP contribution in [-0.2, 0) is 7.05 Å². The third-order valence-electron chi connectivity index (χ3n) is 1.76. The topological polar surface area (TPSA) is 63.8 Å². The summed E-state index contributed by atoms with van der Waals surface area (Å²) >= 11 is 1.21. The first-order valence-electron chi connectivity index (χ1n) is 3.71. The molecule has 2 aromatic rings. The molecule has 1 N–H and O–H groups in total. The molecule has 0 radical (unpaired) electrons. The van der Waals surface area contributed by atoms with Crippen molar-refractivity contribution in [1.82, 2.24) is 19.1 Å². The second kappa shape index (κ2) is 3.23. The lowest BCUT2D eigenvalue weighted by Crippen LogP contribution is -2.07. The lowest BCUT2D eigenvalue weighted by molar-refractivity contribution is 0.201. The minimum atomic E-state index is -0.779. The normalized spacial score (nSPS) is 13.1. The number of aliphatic hydroxyl groups excluding tert-OH is 1. The van der Waals surface area contributed by atoms with Crippen LogP contribution in [0, 0.1) is 0 Å². The van der Waals surface area contributed by atoms with Gasteiger partial charge in [0.1, 0.15) is 11.5 Å². The van der Waals surface area contributed by atoms with Gasteiger partial charge in [0.15, 0.2) is 6.10 Å². The van der Waals surface area contributed by atoms with E-state index in [0.717, 1.165) is 0 Å². The minimum Gasteiger partial charge on any atom is -0.379 e. The largest absolute Gasteiger partial charge is 0.379 e. The summed E-state index contributed by atoms with van der Waals surface area (Å²) in [5, 5.41) is 15.3. The van der Waals surface area contributed by atoms with Crippen LogP contribution in [0.3, 0.4) is 0 Å². The lowest BCUT2D eigenvalue weighted by atomic mass is 10.3. The highest BCUT2D eigenvalue weighted by Gasteiger charge is 2.16. The van der Waals surface area contributed by atoms with E-state index >= 15 is 0 Å². The van der Waals surface area contributed by atoms with Crippen LogP contribution in [0.4, 0.5) is 0 Å². The maximum absolute atomic E-state index is 9.77. The first kappa shape index (κ1) is 8.33. The Morgan fingerprint density at radius 2 is 2.46 bits per heavy atom. The van der Waals surface area contributed by atoms with Gasteiger partial charge < -0.3 is 9.67 Å². The second-order valence-corrected chi connectivity index (χ2v) is 3.24. The zero-order valence-electron chi connectivity index (χ0n) is 6.95. The van der Waals surface area contributed by atoms with E-state index in [4.69, 9.17) is 0 Å². The Labute approximate surface area is 78.8 Å². The van der Waals surface area contributed by atoms with Gasteiger partial charge in [-0.05, 0) is 11.5 Å². The average molecular weight is 196 g/mol. The van der Waals surface area contributed by atoms with E-state index < -0.39 is 6.10 Å². The van der Waals surface area contributed by atoms with Crippen molar-refractivity contribution in [2.24, 2.45) is 7.05 Å². The molecular formula is C7H8N4OS. The fourth-order valence-electron chi connectivity index (χ4n) is 1.06. The number of aryl methyl sites for hydroxylation is 1. The van der Waals surface area contributed by atoms with E-state index in [9.17, 15) is 5.11 Å². The molecule has 0 bridgehead atoms. The Morgan fingerprint density at radius 3 is 3.00 bits per heavy atom. The Hall–Kier alpha value is -1.27. The molecule has 0 aliphatic heterocycles. The summed E-state index contributed by atoms with van der Waals surface area (Å²) in [6, 6.07) is 0. The number of imidazole rings is 1. The van der Waals surface area contributed by atoms with Gasteiger partial charge in [-0.2, -0.15) is 0 Å². The van der Waals surface area contributed by atoms with Crippen LogP contribution in [0.1, 0.15) is 17.6 Å². The monoisotopic (exact) mass is 196 g/mol. The highest BCUT2D eigenvalue weighted by molar-refractivity contribution is 7.03. The van der Waals surface area contributed by atoms with Crippen LogP contribution in [0.25, 0.3) is 0 Å². The van der Waals surface area contributed by atoms with E-state index in [0.29, 0.717) is 11.5 Å². The molecule has 0 aliphatic rings. The first-order chi connectivity index (χ1) is 6.29. The Balaban J connectivity index is 2.33. The Bertz CT molecular complexity index is 383. The summed E-state index contributed by atoms with van der Waals surface area (Å²) in [6.07, 6.45) is 2.63. The minimum absolute atomic E-state index is 0.541. The predicted molar refractivity (Wildman–Crippen MR) is 47.2 cm³/mol. The fraction of sp³-hybridized carbons (Fsp3) is 0.286. The van der Waals surface area contributed by atoms with Crippen molar-refractivity contribution in [2.75, 3.05) is 0 Å². The zero-order valence-corrected chi connectivity index (χ0v) is 7.77. The predicted octanol–water partition coefficient (Wildman–Crippen LogP) is 0.353. The van der Waals surface area contributed by atoms with Crippen molar-refractivity contribution < 1.29 is 5.11 Å². The highest BCUT2D eigenvalue weighted by Crippen LogP contribution is 2.17. The van der Waals surface area contributed by atoms with E-state index in [1.807, 2.05) is 7.05 Å². The third kappa shape index (κ3) is 1.45. The van der Waals surface area contributed by atoms with Gasteiger partial charge in [-0.25, -0.2) is 4.98 Å². The van der Waals surface area contributed by atoms with Gasteiger partial charge in [0.05, 0.1) is 0 Å². The molecule has 13 heavy (non-hydrogen) atoms. The molecule has 2 aromatic heterocycles. The molecule has 1 unspecified atom stereocenters. The number of nitrogens with zero attached hydrogens (tertiary/aromatic N) is 4. The number of hydrogen-bond acceptors (Lipinski definition) is 5. The van der Waals surface area contributed by atoms with Crippen LogP contribution >= 0.6 is 11.5 Å². The van der Waals surface area contributed by atoms with Crippen molar-refractivity contribution in [3.63, 3.8) is 0 Å². The zero-order chi connectivity index (χ0) is 9.26. The third-order valence-corrected chi connectivity index (χ3v) is 2.28. The molecular weight excluding hydrogens is 188 g/mol. The van der Waals surface area contributed by atoms with Crippen molar-refractivity contribution >= 4 is 11.5 Å². The van der Waals surface area contributed by atoms with E-state index in [1.54, 1.807) is 22.3 Å². The number of rotatable bonds is 2. The molecule has 6 heteroatoms. The quantitative estimate of drug-likeness (QED) is 0.753. The highest BCUT2D eigenvalue weighted by atomic mass is 32.1. The molecule has 1 atom stereocenters. The molecule has 0 fully saturated rings. The van der Waals surface area contributed by atoms with Crippen LogP contribution in [0.2, 0.25) is 0 Å². The average Bonchev–Trinajstić information content (AvgIpc) is 2.72. The van der Waals surface area contributed by atoms with E-state index in [2.05, 4.69) is 14.6 Å². The molecule has 68 valence electrons. The van der Waals surface area contributed by atoms with Crippen molar-refractivity contribution in [3.8, 4) is 0 Å². The molecule has 0 amide bonds. The van der Waals surface area contributed by atoms with Crippen LogP contribution < -0.4 is 0 Å². The smallest absolute Gasteiger partial charge is 0.156 e. The summed E-state index contributed by atoms with van der Waals surface area (Å²) in [5.74, 6) is 0.577. The molecule has 0 aromatic carbocycles. The van der Waals surface area contributed by atoms with Gasteiger partial charge in [0.25, 0.3) is 0 Å². The molecule has 2 rings (SSSR count). The van der Waals surface area contributed by atoms with Crippen LogP contribution in [0.5, 0.6) is 0 Å². The van der Waals surface area contributed by atoms with Gasteiger partial charge in [-0.1, -0.05) is 4.49 Å². The van der Waals surface area contributed by atoms with E-state index in [1.165, 1.54) is 11.5 Å². The summed E-state index contributed by atoms with van der Waals surface area (Å²) in [5.41, 5.74) is 0.541. The Kier molecular flexibility index (Phi) is 2.07. The summed E-state index contributed by atoms with van der Waals surface area (Å²) in [6.45, 7) is 0. The number of hydrogen-bond donors (Lipinski definition) is 1. The fourth-order valence-corrected chi connectivity index (χ4v) is 1.54. The summed E-state index contributed by atoms with van der Waals surface area (Å²) in [4.78, 5) is 4.02. The van der Waals surface area contributed by atoms with Gasteiger partial charge in [0, 0.05) is 24.8 Å². The number of aromatic nitrogens is 4. The number of aliphatic hydroxyl groups is 1. The molecule has 2 heterocycles. The molecule has 0 saturated heterocycles. The molecule has 0 spiro atoms. The van der Waals surface area contributed by atoms with Gasteiger partial charge in [-0.15, -0.1) is 5.10 Å². The van der Waals surface area contributed by atoms with E-state index in [-0.39, 0.29) is 0 Å². The van der Waals surface area contributed by atoms with Crippen molar-refractivity contribution in [2.45, 2.75) is 6.10 Å². The summed E-state index contributed by atoms with van der Waals surface area (Å²) in [7, 11) is 1.82. The summed E-state index contributed by atoms with van der Waals surface area (Å²) < 4.78 is 5.43. The maximum Gasteiger partial charge on any atom is 0.156 e. The lowest BCUT2D eigenvalue weighted by Gasteiger charge is -2.06. The molecule has 0 saturated carbocycles. The van der Waals surface area contributed by atoms with Crippen molar-refractivity contribution in [1.29, 1.82) is 0 Å². The van der Waals surface area contributed by atoms with Crippen LogP contribution in [0.15, 0.2) is 17.8 Å². The van der Waals surface area contributed by atoms with Gasteiger partial charge in [0.2, 0.25) is 0 Å². The maximum atomic E-state index is 9.77. The molecule has 0 aliphatic carbocycles. The molecule has 5 nitrogen and oxygen atoms in total. The first-order valence-corrected chi connectivity index (χ1v) is 4.55. The SMILES string of the molecule is Cn1ccnc1C(O)c1csnn1. The van der Waals surface area contributed by atoms with Gasteiger partial charge >= 0.3 is 0 Å². The van der Waals surface area contributed by atoms with Crippen LogP contribution in [-0.4, -0.2) is 24.2 Å². The Morgan fingerprint density at radius 1 is 1.62 bits per heavy atom. The standard InChI is InChI=1S/C7H8N4OS/c1-11-3-2-8-7(11)6(12)5-4-13-10-9-5/h2-4,6,12H,1H3.